The van der Waals surface area contributed by atoms with Crippen LogP contribution in [-0.2, 0) is 0 Å². The van der Waals surface area contributed by atoms with Crippen molar-refractivity contribution < 1.29 is 0 Å². The molecular formula is C13H7Cl2N3O2S. The van der Waals surface area contributed by atoms with E-state index < -0.39 is 5.56 Å². The lowest BCUT2D eigenvalue weighted by Crippen LogP contribution is -2.27. The van der Waals surface area contributed by atoms with Gasteiger partial charge in [0.1, 0.15) is 5.69 Å². The zero-order valence-electron chi connectivity index (χ0n) is 10.6. The minimum Gasteiger partial charge on any atom is -0.266 e. The highest BCUT2D eigenvalue weighted by Crippen LogP contribution is 2.24. The molecule has 0 atom stereocenters. The highest BCUT2D eigenvalue weighted by molar-refractivity contribution is 7.15. The van der Waals surface area contributed by atoms with E-state index in [9.17, 15) is 9.59 Å². The van der Waals surface area contributed by atoms with Crippen molar-refractivity contribution in [1.29, 1.82) is 0 Å². The van der Waals surface area contributed by atoms with E-state index >= 15 is 0 Å². The van der Waals surface area contributed by atoms with Crippen LogP contribution in [0, 0.1) is 6.92 Å². The molecular weight excluding hydrogens is 333 g/mol. The molecule has 0 saturated carbocycles. The van der Waals surface area contributed by atoms with Crippen LogP contribution in [0.5, 0.6) is 0 Å². The van der Waals surface area contributed by atoms with Crippen LogP contribution in [0.25, 0.3) is 11.0 Å². The number of hydrogen-bond acceptors (Lipinski definition) is 5. The van der Waals surface area contributed by atoms with Crippen molar-refractivity contribution in [3.05, 3.63) is 64.7 Å². The first-order chi connectivity index (χ1) is 9.97. The largest absolute Gasteiger partial charge is 0.295 e. The van der Waals surface area contributed by atoms with Crippen molar-refractivity contribution in [2.24, 2.45) is 0 Å². The second-order valence-corrected chi connectivity index (χ2v) is 6.07. The minimum absolute atomic E-state index is 0.171. The second kappa shape index (κ2) is 5.22. The van der Waals surface area contributed by atoms with Crippen LogP contribution in [0.4, 0.5) is 0 Å². The smallest absolute Gasteiger partial charge is 0.266 e. The van der Waals surface area contributed by atoms with Gasteiger partial charge in [-0.05, 0) is 25.1 Å². The molecule has 21 heavy (non-hydrogen) atoms. The quantitative estimate of drug-likeness (QED) is 0.676. The third-order valence-corrected chi connectivity index (χ3v) is 4.44. The molecule has 5 nitrogen and oxygen atoms in total. The summed E-state index contributed by atoms with van der Waals surface area (Å²) in [6, 6.07) is 5.08. The summed E-state index contributed by atoms with van der Waals surface area (Å²) in [7, 11) is 0. The van der Waals surface area contributed by atoms with Crippen LogP contribution in [0.3, 0.4) is 0 Å². The number of fused-ring (bicyclic) bond motifs is 1. The van der Waals surface area contributed by atoms with Crippen LogP contribution >= 0.6 is 34.5 Å². The Labute approximate surface area is 132 Å². The van der Waals surface area contributed by atoms with Gasteiger partial charge in [0, 0.05) is 15.6 Å². The minimum atomic E-state index is -0.446. The predicted octanol–water partition coefficient (Wildman–Crippen LogP) is 1.67. The van der Waals surface area contributed by atoms with Crippen LogP contribution in [0.2, 0.25) is 10.0 Å². The average Bonchev–Trinajstić information content (AvgIpc) is 2.72. The lowest BCUT2D eigenvalue weighted by molar-refractivity contribution is 0.833. The van der Waals surface area contributed by atoms with Gasteiger partial charge in [0.05, 0.1) is 4.53 Å². The van der Waals surface area contributed by atoms with E-state index in [4.69, 9.17) is 23.2 Å². The van der Waals surface area contributed by atoms with E-state index in [2.05, 4.69) is 10.1 Å². The first-order valence-corrected chi connectivity index (χ1v) is 7.41. The SMILES string of the molecule is Cc1nn2c(=O)/c(=C/c3c(Cl)cccc3Cl)sc2nc1=O. The number of thiazole rings is 1. The fourth-order valence-corrected chi connectivity index (χ4v) is 3.16. The lowest BCUT2D eigenvalue weighted by Gasteiger charge is -1.99. The average molecular weight is 340 g/mol. The van der Waals surface area contributed by atoms with Gasteiger partial charge in [-0.15, -0.1) is 0 Å². The molecule has 0 bridgehead atoms. The van der Waals surface area contributed by atoms with Crippen molar-refractivity contribution in [3.8, 4) is 0 Å². The highest BCUT2D eigenvalue weighted by atomic mass is 35.5. The van der Waals surface area contributed by atoms with Crippen molar-refractivity contribution in [2.75, 3.05) is 0 Å². The fraction of sp³-hybridized carbons (Fsp3) is 0.0769. The van der Waals surface area contributed by atoms with E-state index in [1.807, 2.05) is 0 Å². The molecule has 0 spiro atoms. The van der Waals surface area contributed by atoms with Crippen molar-refractivity contribution in [2.45, 2.75) is 6.92 Å². The first-order valence-electron chi connectivity index (χ1n) is 5.83. The van der Waals surface area contributed by atoms with E-state index in [0.717, 1.165) is 15.9 Å². The van der Waals surface area contributed by atoms with E-state index in [-0.39, 0.29) is 16.2 Å². The Bertz CT molecular complexity index is 1010. The molecule has 0 N–H and O–H groups in total. The maximum Gasteiger partial charge on any atom is 0.295 e. The molecule has 0 fully saturated rings. The predicted molar refractivity (Wildman–Crippen MR) is 83.4 cm³/mol. The fourth-order valence-electron chi connectivity index (χ4n) is 1.77. The first kappa shape index (κ1) is 14.2. The monoisotopic (exact) mass is 339 g/mol. The molecule has 0 unspecified atom stereocenters. The third kappa shape index (κ3) is 2.46. The van der Waals surface area contributed by atoms with Crippen LogP contribution in [0.1, 0.15) is 11.3 Å². The summed E-state index contributed by atoms with van der Waals surface area (Å²) < 4.78 is 1.47. The number of aryl methyl sites for hydroxylation is 1. The van der Waals surface area contributed by atoms with Crippen molar-refractivity contribution in [1.82, 2.24) is 14.6 Å². The normalized spacial score (nSPS) is 12.2. The second-order valence-electron chi connectivity index (χ2n) is 4.25. The van der Waals surface area contributed by atoms with Gasteiger partial charge in [-0.1, -0.05) is 40.6 Å². The molecule has 0 saturated heterocycles. The van der Waals surface area contributed by atoms with E-state index in [1.54, 1.807) is 24.3 Å². The Hall–Kier alpha value is -1.76. The number of rotatable bonds is 1. The number of hydrogen-bond donors (Lipinski definition) is 0. The maximum atomic E-state index is 12.3. The number of nitrogens with zero attached hydrogens (tertiary/aromatic N) is 3. The molecule has 0 amide bonds. The molecule has 3 rings (SSSR count). The summed E-state index contributed by atoms with van der Waals surface area (Å²) in [5.41, 5.74) is -0.0888. The third-order valence-electron chi connectivity index (χ3n) is 2.82. The van der Waals surface area contributed by atoms with Gasteiger partial charge in [-0.25, -0.2) is 0 Å². The van der Waals surface area contributed by atoms with Crippen LogP contribution in [-0.4, -0.2) is 14.6 Å². The molecule has 3 aromatic rings. The van der Waals surface area contributed by atoms with Gasteiger partial charge >= 0.3 is 0 Å². The molecule has 106 valence electrons. The number of aromatic nitrogens is 3. The zero-order valence-corrected chi connectivity index (χ0v) is 13.0. The Balaban J connectivity index is 2.36. The molecule has 0 aliphatic heterocycles. The summed E-state index contributed by atoms with van der Waals surface area (Å²) in [6.45, 7) is 1.51. The Kier molecular flexibility index (Phi) is 3.52. The molecule has 2 aromatic heterocycles. The van der Waals surface area contributed by atoms with E-state index in [0.29, 0.717) is 20.1 Å². The van der Waals surface area contributed by atoms with Gasteiger partial charge in [-0.2, -0.15) is 14.6 Å². The van der Waals surface area contributed by atoms with Gasteiger partial charge in [-0.3, -0.25) is 9.59 Å². The van der Waals surface area contributed by atoms with Gasteiger partial charge < -0.3 is 0 Å². The summed E-state index contributed by atoms with van der Waals surface area (Å²) >= 11 is 13.2. The van der Waals surface area contributed by atoms with Crippen LogP contribution in [0.15, 0.2) is 27.8 Å². The topological polar surface area (TPSA) is 64.3 Å². The Morgan fingerprint density at radius 1 is 1.24 bits per heavy atom. The van der Waals surface area contributed by atoms with Crippen LogP contribution < -0.4 is 15.7 Å². The summed E-state index contributed by atoms with van der Waals surface area (Å²) in [4.78, 5) is 27.8. The highest BCUT2D eigenvalue weighted by Gasteiger charge is 2.09. The molecule has 8 heteroatoms. The number of benzene rings is 1. The molecule has 1 aromatic carbocycles. The van der Waals surface area contributed by atoms with Crippen molar-refractivity contribution >= 4 is 45.6 Å². The van der Waals surface area contributed by atoms with Crippen molar-refractivity contribution in [3.63, 3.8) is 0 Å². The maximum absolute atomic E-state index is 12.3. The molecule has 0 aliphatic rings. The standard InChI is InChI=1S/C13H7Cl2N3O2S/c1-6-11(19)16-13-18(17-6)12(20)10(21-13)5-7-8(14)3-2-4-9(7)15/h2-5H,1H3/b10-5-. The lowest BCUT2D eigenvalue weighted by atomic mass is 10.2. The molecule has 2 heterocycles. The Morgan fingerprint density at radius 2 is 1.90 bits per heavy atom. The van der Waals surface area contributed by atoms with Gasteiger partial charge in [0.2, 0.25) is 4.96 Å². The Morgan fingerprint density at radius 3 is 2.57 bits per heavy atom. The summed E-state index contributed by atoms with van der Waals surface area (Å²) in [6.07, 6.45) is 1.58. The zero-order chi connectivity index (χ0) is 15.1. The molecule has 0 aliphatic carbocycles. The van der Waals surface area contributed by atoms with Gasteiger partial charge in [0.15, 0.2) is 0 Å². The number of halogens is 2. The van der Waals surface area contributed by atoms with Gasteiger partial charge in [0.25, 0.3) is 11.1 Å². The summed E-state index contributed by atoms with van der Waals surface area (Å²) in [5, 5.41) is 4.81. The molecule has 0 radical (unpaired) electrons. The summed E-state index contributed by atoms with van der Waals surface area (Å²) in [5.74, 6) is 0. The van der Waals surface area contributed by atoms with E-state index in [1.165, 1.54) is 6.92 Å².